The number of aryl methyl sites for hydroxylation is 1. The highest BCUT2D eigenvalue weighted by atomic mass is 15.2. The van der Waals surface area contributed by atoms with E-state index in [4.69, 9.17) is 0 Å². The van der Waals surface area contributed by atoms with Crippen LogP contribution in [0.4, 0.5) is 5.82 Å². The third kappa shape index (κ3) is 2.88. The molecule has 0 aliphatic carbocycles. The first-order chi connectivity index (χ1) is 9.11. The number of rotatable bonds is 4. The van der Waals surface area contributed by atoms with Gasteiger partial charge in [-0.25, -0.2) is 4.98 Å². The topological polar surface area (TPSA) is 79.4 Å². The Morgan fingerprint density at radius 3 is 2.84 bits per heavy atom. The number of nitrogens with one attached hydrogen (secondary N) is 1. The van der Waals surface area contributed by atoms with E-state index in [0.29, 0.717) is 11.4 Å². The molecule has 1 atom stereocenters. The monoisotopic (exact) mass is 256 g/mol. The Labute approximate surface area is 112 Å². The third-order valence-corrected chi connectivity index (χ3v) is 2.99. The van der Waals surface area contributed by atoms with Gasteiger partial charge in [0.05, 0.1) is 12.0 Å². The summed E-state index contributed by atoms with van der Waals surface area (Å²) < 4.78 is 1.97. The first-order valence-corrected chi connectivity index (χ1v) is 6.08. The van der Waals surface area contributed by atoms with Crippen LogP contribution in [-0.4, -0.2) is 25.8 Å². The molecule has 2 aromatic rings. The van der Waals surface area contributed by atoms with Gasteiger partial charge in [-0.2, -0.15) is 10.4 Å². The molecule has 0 bridgehead atoms. The molecule has 0 aliphatic heterocycles. The Hall–Kier alpha value is -2.42. The fraction of sp³-hybridized carbons (Fsp3) is 0.385. The number of imidazole rings is 1. The molecular formula is C13H16N6. The van der Waals surface area contributed by atoms with Gasteiger partial charge in [-0.15, -0.1) is 5.10 Å². The zero-order chi connectivity index (χ0) is 13.8. The Morgan fingerprint density at radius 2 is 2.21 bits per heavy atom. The van der Waals surface area contributed by atoms with Crippen LogP contribution in [0.2, 0.25) is 0 Å². The van der Waals surface area contributed by atoms with Crippen LogP contribution in [0, 0.1) is 25.2 Å². The van der Waals surface area contributed by atoms with Crippen molar-refractivity contribution in [1.82, 2.24) is 19.7 Å². The van der Waals surface area contributed by atoms with Crippen LogP contribution in [0.15, 0.2) is 18.7 Å². The predicted molar refractivity (Wildman–Crippen MR) is 71.5 cm³/mol. The van der Waals surface area contributed by atoms with Crippen molar-refractivity contribution in [3.05, 3.63) is 35.5 Å². The molecule has 2 heterocycles. The summed E-state index contributed by atoms with van der Waals surface area (Å²) in [5.41, 5.74) is 2.21. The summed E-state index contributed by atoms with van der Waals surface area (Å²) in [5.74, 6) is 0.540. The summed E-state index contributed by atoms with van der Waals surface area (Å²) in [7, 11) is 0. The minimum absolute atomic E-state index is 0.123. The molecule has 1 N–H and O–H groups in total. The lowest BCUT2D eigenvalue weighted by atomic mass is 10.1. The van der Waals surface area contributed by atoms with Gasteiger partial charge in [0.2, 0.25) is 0 Å². The Bertz CT molecular complexity index is 596. The predicted octanol–water partition coefficient (Wildman–Crippen LogP) is 1.66. The zero-order valence-electron chi connectivity index (χ0n) is 11.3. The second kappa shape index (κ2) is 5.48. The maximum absolute atomic E-state index is 9.22. The Kier molecular flexibility index (Phi) is 3.76. The second-order valence-electron chi connectivity index (χ2n) is 4.55. The standard InChI is InChI=1S/C13H16N6/c1-9(7-19-5-4-15-8-19)16-13-12(6-14)10(2)11(3)17-18-13/h4-5,8-9H,7H2,1-3H3,(H,16,18). The minimum atomic E-state index is 0.123. The SMILES string of the molecule is Cc1nnc(NC(C)Cn2ccnc2)c(C#N)c1C. The van der Waals surface area contributed by atoms with Gasteiger partial charge in [-0.05, 0) is 26.3 Å². The van der Waals surface area contributed by atoms with Gasteiger partial charge in [0.15, 0.2) is 5.82 Å². The van der Waals surface area contributed by atoms with Crippen molar-refractivity contribution >= 4 is 5.82 Å². The highest BCUT2D eigenvalue weighted by molar-refractivity contribution is 5.56. The molecule has 0 spiro atoms. The van der Waals surface area contributed by atoms with Crippen molar-refractivity contribution in [3.63, 3.8) is 0 Å². The lowest BCUT2D eigenvalue weighted by Crippen LogP contribution is -2.23. The molecule has 1 unspecified atom stereocenters. The van der Waals surface area contributed by atoms with Crippen LogP contribution in [0.5, 0.6) is 0 Å². The van der Waals surface area contributed by atoms with E-state index < -0.39 is 0 Å². The molecule has 0 saturated carbocycles. The van der Waals surface area contributed by atoms with Crippen LogP contribution in [0.1, 0.15) is 23.7 Å². The van der Waals surface area contributed by atoms with Crippen molar-refractivity contribution in [3.8, 4) is 6.07 Å². The van der Waals surface area contributed by atoms with Gasteiger partial charge in [0.1, 0.15) is 11.6 Å². The average molecular weight is 256 g/mol. The van der Waals surface area contributed by atoms with E-state index in [1.807, 2.05) is 31.5 Å². The highest BCUT2D eigenvalue weighted by Crippen LogP contribution is 2.17. The molecule has 6 heteroatoms. The molecule has 0 aromatic carbocycles. The maximum atomic E-state index is 9.22. The van der Waals surface area contributed by atoms with E-state index >= 15 is 0 Å². The van der Waals surface area contributed by atoms with Crippen LogP contribution >= 0.6 is 0 Å². The molecular weight excluding hydrogens is 240 g/mol. The average Bonchev–Trinajstić information content (AvgIpc) is 2.87. The second-order valence-corrected chi connectivity index (χ2v) is 4.55. The zero-order valence-corrected chi connectivity index (χ0v) is 11.3. The van der Waals surface area contributed by atoms with E-state index in [2.05, 4.69) is 26.6 Å². The lowest BCUT2D eigenvalue weighted by molar-refractivity contribution is 0.615. The number of hydrogen-bond donors (Lipinski definition) is 1. The molecule has 0 saturated heterocycles. The highest BCUT2D eigenvalue weighted by Gasteiger charge is 2.13. The molecule has 2 rings (SSSR count). The van der Waals surface area contributed by atoms with Crippen LogP contribution in [0.3, 0.4) is 0 Å². The smallest absolute Gasteiger partial charge is 0.167 e. The number of hydrogen-bond acceptors (Lipinski definition) is 5. The van der Waals surface area contributed by atoms with Gasteiger partial charge >= 0.3 is 0 Å². The fourth-order valence-corrected chi connectivity index (χ4v) is 1.84. The van der Waals surface area contributed by atoms with Gasteiger partial charge < -0.3 is 9.88 Å². The Balaban J connectivity index is 2.15. The first kappa shape index (κ1) is 13.0. The van der Waals surface area contributed by atoms with Crippen molar-refractivity contribution in [2.75, 3.05) is 5.32 Å². The summed E-state index contributed by atoms with van der Waals surface area (Å²) in [4.78, 5) is 4.00. The molecule has 0 fully saturated rings. The van der Waals surface area contributed by atoms with E-state index in [-0.39, 0.29) is 6.04 Å². The number of nitriles is 1. The van der Waals surface area contributed by atoms with E-state index in [9.17, 15) is 5.26 Å². The molecule has 98 valence electrons. The summed E-state index contributed by atoms with van der Waals surface area (Å²) in [6.45, 7) is 6.51. The summed E-state index contributed by atoms with van der Waals surface area (Å²) in [6.07, 6.45) is 5.40. The summed E-state index contributed by atoms with van der Waals surface area (Å²) >= 11 is 0. The quantitative estimate of drug-likeness (QED) is 0.900. The first-order valence-electron chi connectivity index (χ1n) is 6.08. The summed E-state index contributed by atoms with van der Waals surface area (Å²) in [6, 6.07) is 2.31. The van der Waals surface area contributed by atoms with Gasteiger partial charge in [0, 0.05) is 25.0 Å². The summed E-state index contributed by atoms with van der Waals surface area (Å²) in [5, 5.41) is 20.6. The Morgan fingerprint density at radius 1 is 1.42 bits per heavy atom. The van der Waals surface area contributed by atoms with Crippen molar-refractivity contribution in [1.29, 1.82) is 5.26 Å². The number of aromatic nitrogens is 4. The van der Waals surface area contributed by atoms with E-state index in [0.717, 1.165) is 17.8 Å². The van der Waals surface area contributed by atoms with Gasteiger partial charge in [-0.1, -0.05) is 0 Å². The van der Waals surface area contributed by atoms with Crippen molar-refractivity contribution in [2.45, 2.75) is 33.4 Å². The van der Waals surface area contributed by atoms with Crippen molar-refractivity contribution < 1.29 is 0 Å². The van der Waals surface area contributed by atoms with Crippen LogP contribution < -0.4 is 5.32 Å². The molecule has 0 amide bonds. The fourth-order valence-electron chi connectivity index (χ4n) is 1.84. The van der Waals surface area contributed by atoms with Crippen LogP contribution in [0.25, 0.3) is 0 Å². The molecule has 0 aliphatic rings. The van der Waals surface area contributed by atoms with Crippen LogP contribution in [-0.2, 0) is 6.54 Å². The van der Waals surface area contributed by atoms with E-state index in [1.54, 1.807) is 12.5 Å². The lowest BCUT2D eigenvalue weighted by Gasteiger charge is -2.16. The maximum Gasteiger partial charge on any atom is 0.167 e. The minimum Gasteiger partial charge on any atom is -0.363 e. The van der Waals surface area contributed by atoms with E-state index in [1.165, 1.54) is 0 Å². The largest absolute Gasteiger partial charge is 0.363 e. The molecule has 6 nitrogen and oxygen atoms in total. The van der Waals surface area contributed by atoms with Gasteiger partial charge in [0.25, 0.3) is 0 Å². The molecule has 2 aromatic heterocycles. The number of anilines is 1. The van der Waals surface area contributed by atoms with Crippen molar-refractivity contribution in [2.24, 2.45) is 0 Å². The third-order valence-electron chi connectivity index (χ3n) is 2.99. The molecule has 19 heavy (non-hydrogen) atoms. The van der Waals surface area contributed by atoms with Gasteiger partial charge in [-0.3, -0.25) is 0 Å². The normalized spacial score (nSPS) is 11.9. The molecule has 0 radical (unpaired) electrons. The number of nitrogens with zero attached hydrogens (tertiary/aromatic N) is 5.